The molecule has 2 N–H and O–H groups in total. The lowest BCUT2D eigenvalue weighted by Gasteiger charge is -2.43. The van der Waals surface area contributed by atoms with E-state index < -0.39 is 24.1 Å². The van der Waals surface area contributed by atoms with Crippen molar-refractivity contribution in [3.63, 3.8) is 0 Å². The number of cyclic esters (lactones) is 1. The van der Waals surface area contributed by atoms with Crippen LogP contribution in [0.4, 0.5) is 0 Å². The highest BCUT2D eigenvalue weighted by Crippen LogP contribution is 2.46. The van der Waals surface area contributed by atoms with E-state index in [9.17, 15) is 24.6 Å². The molecule has 36 heavy (non-hydrogen) atoms. The molecule has 8 atom stereocenters. The van der Waals surface area contributed by atoms with Gasteiger partial charge in [-0.05, 0) is 48.5 Å². The highest BCUT2D eigenvalue weighted by Gasteiger charge is 2.44. The number of carbonyl (C=O) groups is 3. The van der Waals surface area contributed by atoms with Gasteiger partial charge in [0, 0.05) is 18.8 Å². The highest BCUT2D eigenvalue weighted by atomic mass is 16.6. The zero-order valence-corrected chi connectivity index (χ0v) is 22.4. The first-order chi connectivity index (χ1) is 16.9. The number of hydrogen-bond acceptors (Lipinski definition) is 6. The van der Waals surface area contributed by atoms with Gasteiger partial charge in [0.05, 0.1) is 24.4 Å². The van der Waals surface area contributed by atoms with Gasteiger partial charge >= 0.3 is 17.9 Å². The van der Waals surface area contributed by atoms with Gasteiger partial charge in [0.1, 0.15) is 12.2 Å². The maximum atomic E-state index is 13.4. The average molecular weight is 505 g/mol. The molecule has 7 heteroatoms. The molecule has 0 spiro atoms. The molecule has 1 unspecified atom stereocenters. The fourth-order valence-electron chi connectivity index (χ4n) is 6.05. The average Bonchev–Trinajstić information content (AvgIpc) is 2.81. The first-order valence-electron chi connectivity index (χ1n) is 13.6. The molecule has 1 saturated heterocycles. The van der Waals surface area contributed by atoms with E-state index in [1.54, 1.807) is 0 Å². The fourth-order valence-corrected chi connectivity index (χ4v) is 6.05. The van der Waals surface area contributed by atoms with Gasteiger partial charge in [-0.3, -0.25) is 14.4 Å². The first-order valence-corrected chi connectivity index (χ1v) is 13.6. The van der Waals surface area contributed by atoms with E-state index in [-0.39, 0.29) is 60.0 Å². The van der Waals surface area contributed by atoms with Crippen LogP contribution in [0.1, 0.15) is 86.0 Å². The maximum Gasteiger partial charge on any atom is 0.310 e. The molecule has 0 saturated carbocycles. The van der Waals surface area contributed by atoms with Crippen molar-refractivity contribution in [1.29, 1.82) is 0 Å². The third kappa shape index (κ3) is 6.99. The summed E-state index contributed by atoms with van der Waals surface area (Å²) in [6.07, 6.45) is 8.82. The Morgan fingerprint density at radius 3 is 2.56 bits per heavy atom. The number of rotatable bonds is 10. The van der Waals surface area contributed by atoms with Crippen molar-refractivity contribution in [3.8, 4) is 0 Å². The second-order valence-corrected chi connectivity index (χ2v) is 11.8. The van der Waals surface area contributed by atoms with Gasteiger partial charge in [-0.1, -0.05) is 59.3 Å². The van der Waals surface area contributed by atoms with Crippen LogP contribution in [0, 0.1) is 35.0 Å². The molecule has 202 valence electrons. The summed E-state index contributed by atoms with van der Waals surface area (Å²) in [5.74, 6) is -2.24. The Morgan fingerprint density at radius 2 is 1.94 bits per heavy atom. The van der Waals surface area contributed by atoms with Crippen LogP contribution in [-0.4, -0.2) is 46.4 Å². The first kappa shape index (κ1) is 28.4. The molecule has 3 aliphatic rings. The monoisotopic (exact) mass is 504 g/mol. The summed E-state index contributed by atoms with van der Waals surface area (Å²) >= 11 is 0. The number of ether oxygens (including phenoxy) is 2. The lowest BCUT2D eigenvalue weighted by molar-refractivity contribution is -0.164. The summed E-state index contributed by atoms with van der Waals surface area (Å²) in [6.45, 7) is 10.6. The Labute approximate surface area is 215 Å². The van der Waals surface area contributed by atoms with E-state index in [2.05, 4.69) is 33.8 Å². The van der Waals surface area contributed by atoms with Crippen molar-refractivity contribution in [2.24, 2.45) is 35.0 Å². The molecule has 1 heterocycles. The molecule has 2 aliphatic carbocycles. The summed E-state index contributed by atoms with van der Waals surface area (Å²) < 4.78 is 11.7. The third-order valence-corrected chi connectivity index (χ3v) is 8.62. The second-order valence-electron chi connectivity index (χ2n) is 11.8. The molecule has 1 aliphatic heterocycles. The van der Waals surface area contributed by atoms with Crippen LogP contribution in [0.25, 0.3) is 0 Å². The molecule has 7 nitrogen and oxygen atoms in total. The number of allylic oxidation sites excluding steroid dienone is 2. The topological polar surface area (TPSA) is 110 Å². The van der Waals surface area contributed by atoms with Crippen LogP contribution in [0.3, 0.4) is 0 Å². The van der Waals surface area contributed by atoms with Crippen LogP contribution in [0.2, 0.25) is 0 Å². The number of fused-ring (bicyclic) bond motifs is 1. The predicted molar refractivity (Wildman–Crippen MR) is 136 cm³/mol. The minimum Gasteiger partial charge on any atom is -0.481 e. The third-order valence-electron chi connectivity index (χ3n) is 8.62. The Balaban J connectivity index is 1.81. The number of aliphatic carboxylic acids is 1. The zero-order chi connectivity index (χ0) is 26.6. The number of aliphatic hydroxyl groups excluding tert-OH is 1. The Bertz CT molecular complexity index is 873. The van der Waals surface area contributed by atoms with Gasteiger partial charge in [-0.2, -0.15) is 0 Å². The van der Waals surface area contributed by atoms with Gasteiger partial charge in [0.15, 0.2) is 0 Å². The fraction of sp³-hybridized carbons (Fsp3) is 0.759. The summed E-state index contributed by atoms with van der Waals surface area (Å²) in [5, 5.41) is 19.8. The van der Waals surface area contributed by atoms with Crippen molar-refractivity contribution in [2.45, 2.75) is 104 Å². The standard InChI is InChI=1S/C29H44O7/c1-6-18(16-29(4,5)7-2)28(34)36-24-13-20(27(32)33)12-19-9-8-17(3)23(26(19)24)11-10-22-14-21(30)15-25(31)35-22/h8-9,12,17-18,20-24,26,30H,6-7,10-11,13-16H2,1-5H3,(H,32,33)/t17-,18?,20+,21+,22+,23-,24-,26-/m0/s1. The van der Waals surface area contributed by atoms with E-state index in [4.69, 9.17) is 9.47 Å². The van der Waals surface area contributed by atoms with Gasteiger partial charge in [-0.15, -0.1) is 0 Å². The van der Waals surface area contributed by atoms with Gasteiger partial charge < -0.3 is 19.7 Å². The van der Waals surface area contributed by atoms with Crippen molar-refractivity contribution in [2.75, 3.05) is 0 Å². The molecular formula is C29H44O7. The van der Waals surface area contributed by atoms with Crippen LogP contribution in [-0.2, 0) is 23.9 Å². The summed E-state index contributed by atoms with van der Waals surface area (Å²) in [6, 6.07) is 0. The van der Waals surface area contributed by atoms with E-state index >= 15 is 0 Å². The number of hydrogen-bond donors (Lipinski definition) is 2. The van der Waals surface area contributed by atoms with E-state index in [0.29, 0.717) is 19.3 Å². The summed E-state index contributed by atoms with van der Waals surface area (Å²) in [7, 11) is 0. The number of aliphatic hydroxyl groups is 1. The molecule has 0 amide bonds. The van der Waals surface area contributed by atoms with Crippen molar-refractivity contribution >= 4 is 17.9 Å². The Hall–Kier alpha value is -2.15. The van der Waals surface area contributed by atoms with Crippen molar-refractivity contribution < 1.29 is 34.1 Å². The summed E-state index contributed by atoms with van der Waals surface area (Å²) in [5.41, 5.74) is 0.935. The quantitative estimate of drug-likeness (QED) is 0.400. The Morgan fingerprint density at radius 1 is 1.22 bits per heavy atom. The summed E-state index contributed by atoms with van der Waals surface area (Å²) in [4.78, 5) is 37.1. The molecule has 3 rings (SSSR count). The van der Waals surface area contributed by atoms with Crippen LogP contribution in [0.15, 0.2) is 23.8 Å². The minimum atomic E-state index is -0.909. The molecule has 1 fully saturated rings. The number of carboxylic acid groups (broad SMARTS) is 1. The lowest BCUT2D eigenvalue weighted by Crippen LogP contribution is -2.43. The number of esters is 2. The van der Waals surface area contributed by atoms with Crippen LogP contribution < -0.4 is 0 Å². The molecule has 0 aromatic heterocycles. The van der Waals surface area contributed by atoms with Gasteiger partial charge in [-0.25, -0.2) is 0 Å². The normalized spacial score (nSPS) is 33.2. The van der Waals surface area contributed by atoms with Gasteiger partial charge in [0.2, 0.25) is 0 Å². The van der Waals surface area contributed by atoms with Crippen LogP contribution >= 0.6 is 0 Å². The Kier molecular flexibility index (Phi) is 9.42. The van der Waals surface area contributed by atoms with E-state index in [1.807, 2.05) is 19.1 Å². The van der Waals surface area contributed by atoms with Gasteiger partial charge in [0.25, 0.3) is 0 Å². The smallest absolute Gasteiger partial charge is 0.310 e. The van der Waals surface area contributed by atoms with Crippen LogP contribution in [0.5, 0.6) is 0 Å². The SMILES string of the molecule is CCC(CC(C)(C)CC)C(=O)O[C@H]1C[C@H](C(=O)O)C=C2C=C[C@H](C)[C@H](CC[C@@H]3C[C@@H](O)CC(=O)O3)[C@H]21. The lowest BCUT2D eigenvalue weighted by atomic mass is 9.65. The number of carboxylic acids is 1. The molecule has 0 radical (unpaired) electrons. The largest absolute Gasteiger partial charge is 0.481 e. The number of carbonyl (C=O) groups excluding carboxylic acids is 2. The highest BCUT2D eigenvalue weighted by molar-refractivity contribution is 5.75. The van der Waals surface area contributed by atoms with Crippen molar-refractivity contribution in [3.05, 3.63) is 23.8 Å². The zero-order valence-electron chi connectivity index (χ0n) is 22.4. The predicted octanol–water partition coefficient (Wildman–Crippen LogP) is 5.07. The second kappa shape index (κ2) is 11.9. The maximum absolute atomic E-state index is 13.4. The molecular weight excluding hydrogens is 460 g/mol. The van der Waals surface area contributed by atoms with E-state index in [0.717, 1.165) is 24.8 Å². The molecule has 0 aromatic carbocycles. The minimum absolute atomic E-state index is 0.0214. The molecule has 0 aromatic rings. The van der Waals surface area contributed by atoms with E-state index in [1.165, 1.54) is 0 Å². The molecule has 0 bridgehead atoms. The van der Waals surface area contributed by atoms with Crippen molar-refractivity contribution in [1.82, 2.24) is 0 Å².